The van der Waals surface area contributed by atoms with Crippen LogP contribution in [0.1, 0.15) is 31.7 Å². The summed E-state index contributed by atoms with van der Waals surface area (Å²) in [7, 11) is -3.23. The Morgan fingerprint density at radius 1 is 1.19 bits per heavy atom. The Hall–Kier alpha value is -2.57. The van der Waals surface area contributed by atoms with Gasteiger partial charge in [0.2, 0.25) is 0 Å². The molecule has 0 aliphatic carbocycles. The molecule has 0 saturated carbocycles. The summed E-state index contributed by atoms with van der Waals surface area (Å²) in [5.41, 5.74) is 3.94. The summed E-state index contributed by atoms with van der Waals surface area (Å²) in [4.78, 5) is 0. The molecule has 0 radical (unpaired) electrons. The molecule has 5 nitrogen and oxygen atoms in total. The average Bonchev–Trinajstić information content (AvgIpc) is 3.30. The fourth-order valence-electron chi connectivity index (χ4n) is 4.34. The highest BCUT2D eigenvalue weighted by molar-refractivity contribution is 7.92. The summed E-state index contributed by atoms with van der Waals surface area (Å²) >= 11 is 0. The second-order valence-corrected chi connectivity index (χ2v) is 10.3. The predicted octanol–water partition coefficient (Wildman–Crippen LogP) is 4.54. The van der Waals surface area contributed by atoms with Crippen molar-refractivity contribution in [2.24, 2.45) is 0 Å². The summed E-state index contributed by atoms with van der Waals surface area (Å²) in [6.45, 7) is 2.61. The molecule has 0 unspecified atom stereocenters. The average molecular weight is 441 g/mol. The van der Waals surface area contributed by atoms with Crippen LogP contribution in [0.4, 0.5) is 0 Å². The number of hydrogen-bond acceptors (Lipinski definition) is 5. The standard InChI is InChI=1S/C25H28O5S/c1-2-18(13-19-7-6-8-21(26)14-19)11-12-23-25-20(15-29-22-9-4-3-5-10-22)17-31(27,28)24(25)16-30-23/h3-10,13-14,23-24,26H,2,11-12,15-17H2,1H3/b18-13+/t23-,24+/m1/s1. The molecule has 2 atom stereocenters. The zero-order valence-corrected chi connectivity index (χ0v) is 18.5. The summed E-state index contributed by atoms with van der Waals surface area (Å²) in [6.07, 6.45) is 4.31. The number of allylic oxidation sites excluding steroid dienone is 1. The fraction of sp³-hybridized carbons (Fsp3) is 0.360. The minimum atomic E-state index is -3.23. The van der Waals surface area contributed by atoms with Gasteiger partial charge in [-0.2, -0.15) is 0 Å². The van der Waals surface area contributed by atoms with E-state index in [1.807, 2.05) is 42.5 Å². The third-order valence-corrected chi connectivity index (χ3v) is 7.95. The van der Waals surface area contributed by atoms with Crippen LogP contribution < -0.4 is 4.74 Å². The lowest BCUT2D eigenvalue weighted by Gasteiger charge is -2.15. The minimum absolute atomic E-state index is 0.0550. The SMILES string of the molecule is CC/C(=C\c1cccc(O)c1)CC[C@H]1OC[C@H]2C1=C(COc1ccccc1)CS2(=O)=O. The van der Waals surface area contributed by atoms with Crippen molar-refractivity contribution in [2.75, 3.05) is 19.0 Å². The number of aromatic hydroxyl groups is 1. The Balaban J connectivity index is 1.48. The zero-order valence-electron chi connectivity index (χ0n) is 17.7. The van der Waals surface area contributed by atoms with Crippen molar-refractivity contribution in [3.05, 3.63) is 76.9 Å². The highest BCUT2D eigenvalue weighted by Gasteiger charge is 2.46. The lowest BCUT2D eigenvalue weighted by atomic mass is 9.96. The van der Waals surface area contributed by atoms with E-state index in [9.17, 15) is 13.5 Å². The van der Waals surface area contributed by atoms with Crippen LogP contribution in [0, 0.1) is 0 Å². The van der Waals surface area contributed by atoms with E-state index in [4.69, 9.17) is 9.47 Å². The molecule has 4 rings (SSSR count). The Morgan fingerprint density at radius 2 is 2.00 bits per heavy atom. The van der Waals surface area contributed by atoms with Gasteiger partial charge in [0.15, 0.2) is 9.84 Å². The van der Waals surface area contributed by atoms with E-state index in [2.05, 4.69) is 13.0 Å². The number of fused-ring (bicyclic) bond motifs is 1. The molecule has 2 heterocycles. The molecule has 0 aromatic heterocycles. The van der Waals surface area contributed by atoms with Crippen molar-refractivity contribution in [3.63, 3.8) is 0 Å². The second-order valence-electron chi connectivity index (χ2n) is 8.07. The van der Waals surface area contributed by atoms with Crippen molar-refractivity contribution in [3.8, 4) is 11.5 Å². The molecule has 1 N–H and O–H groups in total. The normalized spacial score (nSPS) is 22.5. The minimum Gasteiger partial charge on any atom is -0.508 e. The highest BCUT2D eigenvalue weighted by Crippen LogP contribution is 2.39. The summed E-state index contributed by atoms with van der Waals surface area (Å²) < 4.78 is 37.1. The zero-order chi connectivity index (χ0) is 21.8. The van der Waals surface area contributed by atoms with Crippen LogP contribution in [0.15, 0.2) is 71.3 Å². The van der Waals surface area contributed by atoms with Crippen molar-refractivity contribution < 1.29 is 23.0 Å². The summed E-state index contributed by atoms with van der Waals surface area (Å²) in [6, 6.07) is 16.6. The number of benzene rings is 2. The van der Waals surface area contributed by atoms with E-state index in [-0.39, 0.29) is 30.8 Å². The van der Waals surface area contributed by atoms with Gasteiger partial charge in [0.05, 0.1) is 18.5 Å². The van der Waals surface area contributed by atoms with Gasteiger partial charge < -0.3 is 14.6 Å². The van der Waals surface area contributed by atoms with E-state index >= 15 is 0 Å². The van der Waals surface area contributed by atoms with Gasteiger partial charge in [-0.05, 0) is 60.2 Å². The summed E-state index contributed by atoms with van der Waals surface area (Å²) in [5, 5.41) is 9.16. The molecular formula is C25H28O5S. The topological polar surface area (TPSA) is 72.8 Å². The maximum Gasteiger partial charge on any atom is 0.163 e. The molecule has 1 saturated heterocycles. The lowest BCUT2D eigenvalue weighted by Crippen LogP contribution is -2.19. The number of phenols is 1. The van der Waals surface area contributed by atoms with E-state index < -0.39 is 15.1 Å². The van der Waals surface area contributed by atoms with E-state index in [1.165, 1.54) is 5.57 Å². The molecule has 2 aromatic rings. The molecule has 2 aliphatic rings. The molecular weight excluding hydrogens is 412 g/mol. The van der Waals surface area contributed by atoms with Gasteiger partial charge >= 0.3 is 0 Å². The van der Waals surface area contributed by atoms with Crippen molar-refractivity contribution in [2.45, 2.75) is 37.5 Å². The van der Waals surface area contributed by atoms with Gasteiger partial charge in [-0.15, -0.1) is 0 Å². The predicted molar refractivity (Wildman–Crippen MR) is 122 cm³/mol. The van der Waals surface area contributed by atoms with Gasteiger partial charge in [-0.25, -0.2) is 8.42 Å². The van der Waals surface area contributed by atoms with E-state index in [1.54, 1.807) is 12.1 Å². The smallest absolute Gasteiger partial charge is 0.163 e. The maximum absolute atomic E-state index is 12.7. The molecule has 1 fully saturated rings. The van der Waals surface area contributed by atoms with Crippen LogP contribution in [0.5, 0.6) is 11.5 Å². The van der Waals surface area contributed by atoms with Crippen LogP contribution in [0.25, 0.3) is 6.08 Å². The van der Waals surface area contributed by atoms with Gasteiger partial charge in [0, 0.05) is 0 Å². The third kappa shape index (κ3) is 5.02. The molecule has 2 aliphatic heterocycles. The van der Waals surface area contributed by atoms with Crippen molar-refractivity contribution in [1.29, 1.82) is 0 Å². The maximum atomic E-state index is 12.7. The quantitative estimate of drug-likeness (QED) is 0.610. The van der Waals surface area contributed by atoms with E-state index in [0.717, 1.165) is 41.7 Å². The van der Waals surface area contributed by atoms with Gasteiger partial charge in [-0.1, -0.05) is 48.9 Å². The molecule has 0 amide bonds. The first-order chi connectivity index (χ1) is 15.0. The molecule has 6 heteroatoms. The van der Waals surface area contributed by atoms with Crippen LogP contribution in [-0.2, 0) is 14.6 Å². The number of rotatable bonds is 8. The molecule has 0 spiro atoms. The monoisotopic (exact) mass is 440 g/mol. The highest BCUT2D eigenvalue weighted by atomic mass is 32.2. The largest absolute Gasteiger partial charge is 0.508 e. The number of sulfone groups is 1. The lowest BCUT2D eigenvalue weighted by molar-refractivity contribution is 0.117. The van der Waals surface area contributed by atoms with Crippen LogP contribution >= 0.6 is 0 Å². The Kier molecular flexibility index (Phi) is 6.49. The Morgan fingerprint density at radius 3 is 2.74 bits per heavy atom. The number of para-hydroxylation sites is 1. The fourth-order valence-corrected chi connectivity index (χ4v) is 6.27. The van der Waals surface area contributed by atoms with Crippen LogP contribution in [-0.4, -0.2) is 43.8 Å². The number of phenolic OH excluding ortho intramolecular Hbond substituents is 1. The van der Waals surface area contributed by atoms with Gasteiger partial charge in [0.1, 0.15) is 23.4 Å². The number of ether oxygens (including phenoxy) is 2. The molecule has 31 heavy (non-hydrogen) atoms. The van der Waals surface area contributed by atoms with Crippen molar-refractivity contribution >= 4 is 15.9 Å². The molecule has 164 valence electrons. The second kappa shape index (κ2) is 9.28. The molecule has 2 aromatic carbocycles. The summed E-state index contributed by atoms with van der Waals surface area (Å²) in [5.74, 6) is 1.03. The van der Waals surface area contributed by atoms with E-state index in [0.29, 0.717) is 0 Å². The van der Waals surface area contributed by atoms with Gasteiger partial charge in [-0.3, -0.25) is 0 Å². The van der Waals surface area contributed by atoms with Crippen LogP contribution in [0.2, 0.25) is 0 Å². The van der Waals surface area contributed by atoms with Crippen molar-refractivity contribution in [1.82, 2.24) is 0 Å². The Labute approximate surface area is 183 Å². The number of hydrogen-bond donors (Lipinski definition) is 1. The first-order valence-electron chi connectivity index (χ1n) is 10.7. The Bertz CT molecular complexity index is 1090. The first-order valence-corrected chi connectivity index (χ1v) is 12.4. The third-order valence-electron chi connectivity index (χ3n) is 5.94. The van der Waals surface area contributed by atoms with Crippen LogP contribution in [0.3, 0.4) is 0 Å². The first kappa shape index (κ1) is 21.7. The van der Waals surface area contributed by atoms with Gasteiger partial charge in [0.25, 0.3) is 0 Å². The molecule has 0 bridgehead atoms.